The first kappa shape index (κ1) is 32.7. The van der Waals surface area contributed by atoms with Crippen molar-refractivity contribution in [3.05, 3.63) is 118 Å². The number of nitrogens with zero attached hydrogens (tertiary/aromatic N) is 3. The van der Waals surface area contributed by atoms with Crippen LogP contribution in [0.25, 0.3) is 6.08 Å². The van der Waals surface area contributed by atoms with Crippen LogP contribution in [0, 0.1) is 11.3 Å². The van der Waals surface area contributed by atoms with Gasteiger partial charge in [0.1, 0.15) is 12.4 Å². The molecule has 0 spiro atoms. The lowest BCUT2D eigenvalue weighted by atomic mass is 9.94. The van der Waals surface area contributed by atoms with Gasteiger partial charge < -0.3 is 18.9 Å². The summed E-state index contributed by atoms with van der Waals surface area (Å²) < 4.78 is 25.3. The fourth-order valence-corrected chi connectivity index (χ4v) is 6.79. The Morgan fingerprint density at radius 1 is 1.11 bits per heavy atom. The van der Waals surface area contributed by atoms with Crippen LogP contribution >= 0.6 is 27.3 Å². The van der Waals surface area contributed by atoms with E-state index in [0.29, 0.717) is 65.4 Å². The van der Waals surface area contributed by atoms with Crippen molar-refractivity contribution in [2.45, 2.75) is 39.3 Å². The van der Waals surface area contributed by atoms with Crippen LogP contribution in [0.15, 0.2) is 86.2 Å². The normalized spacial score (nSPS) is 14.3. The smallest absolute Gasteiger partial charge is 0.338 e. The minimum atomic E-state index is -0.742. The van der Waals surface area contributed by atoms with Gasteiger partial charge in [0, 0.05) is 0 Å². The zero-order valence-corrected chi connectivity index (χ0v) is 28.2. The van der Waals surface area contributed by atoms with E-state index >= 15 is 0 Å². The molecule has 1 aliphatic heterocycles. The van der Waals surface area contributed by atoms with E-state index in [9.17, 15) is 9.59 Å². The van der Waals surface area contributed by atoms with Crippen LogP contribution in [-0.4, -0.2) is 31.4 Å². The summed E-state index contributed by atoms with van der Waals surface area (Å²) in [6.45, 7) is 4.24. The molecule has 5 rings (SSSR count). The summed E-state index contributed by atoms with van der Waals surface area (Å²) >= 11 is 4.86. The van der Waals surface area contributed by atoms with Gasteiger partial charge in [-0.15, -0.1) is 0 Å². The molecule has 0 saturated carbocycles. The summed E-state index contributed by atoms with van der Waals surface area (Å²) in [6, 6.07) is 19.5. The predicted molar refractivity (Wildman–Crippen MR) is 179 cm³/mol. The number of ether oxygens (including phenoxy) is 4. The van der Waals surface area contributed by atoms with E-state index in [-0.39, 0.29) is 18.8 Å². The van der Waals surface area contributed by atoms with Crippen molar-refractivity contribution in [3.8, 4) is 23.3 Å². The van der Waals surface area contributed by atoms with Crippen LogP contribution in [0.1, 0.15) is 55.0 Å². The molecule has 3 aromatic carbocycles. The van der Waals surface area contributed by atoms with Crippen LogP contribution in [0.4, 0.5) is 0 Å². The Morgan fingerprint density at radius 2 is 1.89 bits per heavy atom. The maximum absolute atomic E-state index is 14.1. The summed E-state index contributed by atoms with van der Waals surface area (Å²) in [5.74, 6) is 1.09. The molecule has 1 aliphatic rings. The highest BCUT2D eigenvalue weighted by Crippen LogP contribution is 2.38. The SMILES string of the molecule is CCCC1=C(C(=O)OCC)[C@H](c2cccc(OC)c2)n2c(s/c(=C/c3cc(Br)c(OCc4ccc(C#N)cc4)c(OC)c3)c2=O)=N1. The second-order valence-electron chi connectivity index (χ2n) is 10.3. The highest BCUT2D eigenvalue weighted by Gasteiger charge is 2.34. The molecular formula is C35H32BrN3O6S. The topological polar surface area (TPSA) is 112 Å². The fourth-order valence-electron chi connectivity index (χ4n) is 5.19. The van der Waals surface area contributed by atoms with Gasteiger partial charge in [-0.3, -0.25) is 9.36 Å². The Bertz CT molecular complexity index is 2020. The van der Waals surface area contributed by atoms with E-state index in [2.05, 4.69) is 22.0 Å². The molecule has 1 aromatic heterocycles. The minimum absolute atomic E-state index is 0.195. The van der Waals surface area contributed by atoms with Crippen LogP contribution in [0.3, 0.4) is 0 Å². The predicted octanol–water partition coefficient (Wildman–Crippen LogP) is 5.81. The van der Waals surface area contributed by atoms with E-state index in [0.717, 1.165) is 12.0 Å². The van der Waals surface area contributed by atoms with Crippen molar-refractivity contribution >= 4 is 39.3 Å². The summed E-state index contributed by atoms with van der Waals surface area (Å²) in [5, 5.41) is 9.05. The molecule has 0 N–H and O–H groups in total. The molecule has 4 aromatic rings. The zero-order valence-electron chi connectivity index (χ0n) is 25.8. The number of hydrogen-bond acceptors (Lipinski definition) is 9. The van der Waals surface area contributed by atoms with Crippen LogP contribution in [0.2, 0.25) is 0 Å². The molecule has 0 fully saturated rings. The van der Waals surface area contributed by atoms with Gasteiger partial charge in [0.15, 0.2) is 16.3 Å². The monoisotopic (exact) mass is 701 g/mol. The van der Waals surface area contributed by atoms with Crippen molar-refractivity contribution in [3.63, 3.8) is 0 Å². The molecule has 0 aliphatic carbocycles. The van der Waals surface area contributed by atoms with Gasteiger partial charge in [-0.05, 0) is 88.4 Å². The third kappa shape index (κ3) is 6.78. The molecule has 0 amide bonds. The lowest BCUT2D eigenvalue weighted by Crippen LogP contribution is -2.40. The molecule has 0 radical (unpaired) electrons. The molecule has 11 heteroatoms. The van der Waals surface area contributed by atoms with Crippen LogP contribution in [0.5, 0.6) is 17.2 Å². The number of carbonyl (C=O) groups is 1. The average molecular weight is 703 g/mol. The highest BCUT2D eigenvalue weighted by atomic mass is 79.9. The van der Waals surface area contributed by atoms with Gasteiger partial charge in [-0.25, -0.2) is 9.79 Å². The van der Waals surface area contributed by atoms with Crippen molar-refractivity contribution in [1.29, 1.82) is 5.26 Å². The highest BCUT2D eigenvalue weighted by molar-refractivity contribution is 9.10. The van der Waals surface area contributed by atoms with Crippen molar-refractivity contribution < 1.29 is 23.7 Å². The Morgan fingerprint density at radius 3 is 2.57 bits per heavy atom. The number of carbonyl (C=O) groups excluding carboxylic acids is 1. The first-order valence-corrected chi connectivity index (χ1v) is 16.3. The maximum atomic E-state index is 14.1. The van der Waals surface area contributed by atoms with E-state index in [1.165, 1.54) is 11.3 Å². The number of allylic oxidation sites excluding steroid dienone is 1. The standard InChI is InChI=1S/C35H32BrN3O6S/c1-5-8-27-30(34(41)44-6-2)31(24-9-7-10-25(18-24)42-3)39-33(40)29(46-35(39)38-27)17-23-15-26(36)32(28(16-23)43-4)45-20-22-13-11-21(19-37)12-14-22/h7,9-18,31H,5-6,8,20H2,1-4H3/b29-17+/t31-/m0/s1. The third-order valence-corrected chi connectivity index (χ3v) is 8.89. The number of thiazole rings is 1. The average Bonchev–Trinajstić information content (AvgIpc) is 3.37. The summed E-state index contributed by atoms with van der Waals surface area (Å²) in [5.41, 5.74) is 3.56. The van der Waals surface area contributed by atoms with Crippen molar-refractivity contribution in [1.82, 2.24) is 4.57 Å². The third-order valence-electron chi connectivity index (χ3n) is 7.32. The molecule has 1 atom stereocenters. The van der Waals surface area contributed by atoms with E-state index in [1.54, 1.807) is 50.0 Å². The van der Waals surface area contributed by atoms with Crippen LogP contribution < -0.4 is 29.1 Å². The number of benzene rings is 3. The van der Waals surface area contributed by atoms with E-state index in [4.69, 9.17) is 29.2 Å². The zero-order chi connectivity index (χ0) is 32.8. The van der Waals surface area contributed by atoms with Crippen molar-refractivity contribution in [2.75, 3.05) is 20.8 Å². The number of aromatic nitrogens is 1. The molecule has 2 heterocycles. The quantitative estimate of drug-likeness (QED) is 0.182. The molecular weight excluding hydrogens is 670 g/mol. The van der Waals surface area contributed by atoms with Gasteiger partial charge in [-0.2, -0.15) is 5.26 Å². The van der Waals surface area contributed by atoms with Gasteiger partial charge in [0.2, 0.25) is 0 Å². The largest absolute Gasteiger partial charge is 0.497 e. The van der Waals surface area contributed by atoms with Crippen LogP contribution in [-0.2, 0) is 16.1 Å². The lowest BCUT2D eigenvalue weighted by Gasteiger charge is -2.26. The lowest BCUT2D eigenvalue weighted by molar-refractivity contribution is -0.139. The Balaban J connectivity index is 1.59. The Hall–Kier alpha value is -4.66. The summed E-state index contributed by atoms with van der Waals surface area (Å²) in [4.78, 5) is 32.9. The van der Waals surface area contributed by atoms with Gasteiger partial charge in [-0.1, -0.05) is 48.9 Å². The molecule has 46 heavy (non-hydrogen) atoms. The second-order valence-corrected chi connectivity index (χ2v) is 12.2. The first-order valence-electron chi connectivity index (χ1n) is 14.7. The van der Waals surface area contributed by atoms with Crippen molar-refractivity contribution in [2.24, 2.45) is 4.99 Å². The second kappa shape index (κ2) is 14.6. The number of esters is 1. The van der Waals surface area contributed by atoms with E-state index in [1.807, 2.05) is 49.4 Å². The first-order chi connectivity index (χ1) is 22.3. The summed E-state index contributed by atoms with van der Waals surface area (Å²) in [6.07, 6.45) is 3.08. The number of nitriles is 1. The van der Waals surface area contributed by atoms with Gasteiger partial charge >= 0.3 is 5.97 Å². The number of hydrogen-bond donors (Lipinski definition) is 0. The molecule has 9 nitrogen and oxygen atoms in total. The molecule has 0 saturated heterocycles. The van der Waals surface area contributed by atoms with Gasteiger partial charge in [0.05, 0.1) is 58.8 Å². The minimum Gasteiger partial charge on any atom is -0.497 e. The molecule has 236 valence electrons. The molecule has 0 unspecified atom stereocenters. The van der Waals surface area contributed by atoms with Gasteiger partial charge in [0.25, 0.3) is 5.56 Å². The molecule has 0 bridgehead atoms. The fraction of sp³-hybridized carbons (Fsp3) is 0.257. The Labute approximate surface area is 278 Å². The number of methoxy groups -OCH3 is 2. The number of fused-ring (bicyclic) bond motifs is 1. The Kier molecular flexibility index (Phi) is 10.4. The number of halogens is 1. The van der Waals surface area contributed by atoms with E-state index < -0.39 is 12.0 Å². The summed E-state index contributed by atoms with van der Waals surface area (Å²) in [7, 11) is 3.12. The number of rotatable bonds is 11. The maximum Gasteiger partial charge on any atom is 0.338 e.